The molecular formula is C32H29FN4O4S. The molecule has 2 aromatic carbocycles. The number of ether oxygens (including phenoxy) is 1. The Balaban J connectivity index is 1.37. The Labute approximate surface area is 246 Å². The molecule has 5 aromatic rings. The van der Waals surface area contributed by atoms with Gasteiger partial charge in [-0.25, -0.2) is 14.4 Å². The minimum absolute atomic E-state index is 0.0195. The maximum Gasteiger partial charge on any atom is 0.304 e. The zero-order valence-corrected chi connectivity index (χ0v) is 23.8. The van der Waals surface area contributed by atoms with E-state index in [9.17, 15) is 19.1 Å². The van der Waals surface area contributed by atoms with E-state index in [1.54, 1.807) is 23.2 Å². The number of carbonyl (C=O) groups is 2. The molecule has 1 aliphatic rings. The van der Waals surface area contributed by atoms with Crippen LogP contribution in [0.1, 0.15) is 24.8 Å². The summed E-state index contributed by atoms with van der Waals surface area (Å²) in [6, 6.07) is 18.8. The second kappa shape index (κ2) is 11.7. The highest BCUT2D eigenvalue weighted by molar-refractivity contribution is 7.14. The molecule has 1 saturated carbocycles. The predicted molar refractivity (Wildman–Crippen MR) is 160 cm³/mol. The van der Waals surface area contributed by atoms with Crippen molar-refractivity contribution in [3.05, 3.63) is 84.0 Å². The van der Waals surface area contributed by atoms with Crippen LogP contribution >= 0.6 is 11.3 Å². The number of aryl methyl sites for hydroxylation is 1. The zero-order chi connectivity index (χ0) is 29.2. The van der Waals surface area contributed by atoms with Crippen LogP contribution < -0.4 is 9.64 Å². The summed E-state index contributed by atoms with van der Waals surface area (Å²) < 4.78 is 20.2. The van der Waals surface area contributed by atoms with Gasteiger partial charge in [0.1, 0.15) is 11.4 Å². The Morgan fingerprint density at radius 2 is 1.95 bits per heavy atom. The fourth-order valence-electron chi connectivity index (χ4n) is 5.26. The van der Waals surface area contributed by atoms with Crippen LogP contribution in [0.15, 0.2) is 78.4 Å². The van der Waals surface area contributed by atoms with Crippen LogP contribution in [-0.4, -0.2) is 44.4 Å². The number of carboxylic acids is 1. The quantitative estimate of drug-likeness (QED) is 0.190. The molecule has 0 bridgehead atoms. The maximum atomic E-state index is 13.9. The monoisotopic (exact) mass is 584 g/mol. The lowest BCUT2D eigenvalue weighted by Gasteiger charge is -2.25. The Morgan fingerprint density at radius 3 is 2.69 bits per heavy atom. The molecule has 214 valence electrons. The number of carbonyl (C=O) groups excluding carboxylic acids is 1. The van der Waals surface area contributed by atoms with Gasteiger partial charge in [0.05, 0.1) is 18.0 Å². The molecule has 0 saturated heterocycles. The third-order valence-electron chi connectivity index (χ3n) is 7.45. The van der Waals surface area contributed by atoms with E-state index < -0.39 is 18.7 Å². The number of aromatic nitrogens is 3. The average Bonchev–Trinajstić information content (AvgIpc) is 3.58. The van der Waals surface area contributed by atoms with Crippen LogP contribution in [0.4, 0.5) is 9.52 Å². The zero-order valence-electron chi connectivity index (χ0n) is 22.9. The molecule has 3 heterocycles. The number of benzene rings is 2. The molecule has 1 N–H and O–H groups in total. The maximum absolute atomic E-state index is 13.9. The summed E-state index contributed by atoms with van der Waals surface area (Å²) in [6.07, 6.45) is 5.47. The summed E-state index contributed by atoms with van der Waals surface area (Å²) in [5.74, 6) is -1.62. The van der Waals surface area contributed by atoms with Crippen LogP contribution in [0.3, 0.4) is 0 Å². The number of rotatable bonds is 11. The molecule has 1 atom stereocenters. The molecule has 8 nitrogen and oxygen atoms in total. The number of pyridine rings is 1. The number of hydrogen-bond acceptors (Lipinski definition) is 6. The lowest BCUT2D eigenvalue weighted by Crippen LogP contribution is -2.39. The SMILES string of the molecule is Cn1ccc2cc(-c3ccc(OCF)cc3-c3csc(N(C(=O)[C@@H](CC(=O)O)Cc4ccccc4)C4CC4)n3)cnc21. The third kappa shape index (κ3) is 5.75. The number of hydrogen-bond donors (Lipinski definition) is 1. The highest BCUT2D eigenvalue weighted by atomic mass is 32.1. The summed E-state index contributed by atoms with van der Waals surface area (Å²) in [7, 11) is 1.94. The number of fused-ring (bicyclic) bond motifs is 1. The van der Waals surface area contributed by atoms with E-state index in [1.165, 1.54) is 11.3 Å². The van der Waals surface area contributed by atoms with Crippen molar-refractivity contribution in [2.75, 3.05) is 11.8 Å². The number of anilines is 1. The molecule has 1 aliphatic carbocycles. The van der Waals surface area contributed by atoms with E-state index in [-0.39, 0.29) is 18.4 Å². The highest BCUT2D eigenvalue weighted by Crippen LogP contribution is 2.41. The number of halogens is 1. The molecule has 0 aliphatic heterocycles. The normalized spacial score (nSPS) is 13.7. The van der Waals surface area contributed by atoms with E-state index in [4.69, 9.17) is 9.72 Å². The number of aliphatic carboxylic acids is 1. The van der Waals surface area contributed by atoms with Crippen LogP contribution in [0.5, 0.6) is 5.75 Å². The first kappa shape index (κ1) is 27.6. The van der Waals surface area contributed by atoms with Gasteiger partial charge in [-0.2, -0.15) is 0 Å². The Bertz CT molecular complexity index is 1750. The van der Waals surface area contributed by atoms with Gasteiger partial charge >= 0.3 is 5.97 Å². The van der Waals surface area contributed by atoms with Gasteiger partial charge in [0.15, 0.2) is 5.13 Å². The molecule has 42 heavy (non-hydrogen) atoms. The summed E-state index contributed by atoms with van der Waals surface area (Å²) in [5.41, 5.74) is 4.80. The molecular weight excluding hydrogens is 555 g/mol. The first-order valence-corrected chi connectivity index (χ1v) is 14.6. The van der Waals surface area contributed by atoms with Crippen molar-refractivity contribution in [1.82, 2.24) is 14.5 Å². The highest BCUT2D eigenvalue weighted by Gasteiger charge is 2.39. The Kier molecular flexibility index (Phi) is 7.71. The van der Waals surface area contributed by atoms with Gasteiger partial charge in [-0.3, -0.25) is 14.5 Å². The van der Waals surface area contributed by atoms with Gasteiger partial charge in [0.2, 0.25) is 12.8 Å². The van der Waals surface area contributed by atoms with Crippen LogP contribution in [0.25, 0.3) is 33.4 Å². The third-order valence-corrected chi connectivity index (χ3v) is 8.29. The summed E-state index contributed by atoms with van der Waals surface area (Å²) in [5, 5.41) is 13.0. The molecule has 10 heteroatoms. The number of nitrogens with zero attached hydrogens (tertiary/aromatic N) is 4. The molecule has 1 fully saturated rings. The second-order valence-electron chi connectivity index (χ2n) is 10.5. The summed E-state index contributed by atoms with van der Waals surface area (Å²) in [6.45, 7) is -0.963. The van der Waals surface area contributed by atoms with E-state index in [0.717, 1.165) is 46.1 Å². The Morgan fingerprint density at radius 1 is 1.14 bits per heavy atom. The minimum Gasteiger partial charge on any atom is -0.481 e. The van der Waals surface area contributed by atoms with Crippen molar-refractivity contribution in [3.8, 4) is 28.1 Å². The van der Waals surface area contributed by atoms with Crippen LogP contribution in [0, 0.1) is 5.92 Å². The van der Waals surface area contributed by atoms with Crippen LogP contribution in [-0.2, 0) is 23.1 Å². The van der Waals surface area contributed by atoms with E-state index >= 15 is 0 Å². The molecule has 1 amide bonds. The van der Waals surface area contributed by atoms with Crippen molar-refractivity contribution >= 4 is 39.4 Å². The van der Waals surface area contributed by atoms with E-state index in [0.29, 0.717) is 23.0 Å². The molecule has 6 rings (SSSR count). The van der Waals surface area contributed by atoms with Crippen molar-refractivity contribution in [2.24, 2.45) is 13.0 Å². The molecule has 0 unspecified atom stereocenters. The molecule has 0 radical (unpaired) electrons. The van der Waals surface area contributed by atoms with Crippen molar-refractivity contribution in [3.63, 3.8) is 0 Å². The number of alkyl halides is 1. The van der Waals surface area contributed by atoms with Crippen LogP contribution in [0.2, 0.25) is 0 Å². The first-order valence-electron chi connectivity index (χ1n) is 13.7. The van der Waals surface area contributed by atoms with Gasteiger partial charge in [0, 0.05) is 47.4 Å². The summed E-state index contributed by atoms with van der Waals surface area (Å²) >= 11 is 1.33. The summed E-state index contributed by atoms with van der Waals surface area (Å²) in [4.78, 5) is 36.9. The predicted octanol–water partition coefficient (Wildman–Crippen LogP) is 6.50. The largest absolute Gasteiger partial charge is 0.481 e. The smallest absolute Gasteiger partial charge is 0.304 e. The van der Waals surface area contributed by atoms with E-state index in [1.807, 2.05) is 71.7 Å². The number of thiazole rings is 1. The fraction of sp³-hybridized carbons (Fsp3) is 0.250. The lowest BCUT2D eigenvalue weighted by atomic mass is 9.94. The van der Waals surface area contributed by atoms with Crippen molar-refractivity contribution < 1.29 is 23.8 Å². The second-order valence-corrected chi connectivity index (χ2v) is 11.3. The van der Waals surface area contributed by atoms with Gasteiger partial charge in [-0.05, 0) is 60.7 Å². The molecule has 0 spiro atoms. The average molecular weight is 585 g/mol. The standard InChI is InChI=1S/C32H29FN4O4S/c1-36-12-11-21-14-23(17-34-30(21)36)26-10-9-25(41-19-33)16-27(26)28-18-42-32(35-28)37(24-7-8-24)31(40)22(15-29(38)39)13-20-5-3-2-4-6-20/h2-6,9-12,14,16-18,22,24H,7-8,13,15,19H2,1H3,(H,38,39)/t22-/m1/s1. The Hall–Kier alpha value is -4.57. The molecule has 3 aromatic heterocycles. The topological polar surface area (TPSA) is 97.5 Å². The minimum atomic E-state index is -1.02. The first-order chi connectivity index (χ1) is 20.4. The van der Waals surface area contributed by atoms with E-state index in [2.05, 4.69) is 4.98 Å². The fourth-order valence-corrected chi connectivity index (χ4v) is 6.16. The van der Waals surface area contributed by atoms with Gasteiger partial charge < -0.3 is 14.4 Å². The van der Waals surface area contributed by atoms with Gasteiger partial charge in [-0.15, -0.1) is 11.3 Å². The van der Waals surface area contributed by atoms with Gasteiger partial charge in [-0.1, -0.05) is 30.3 Å². The number of carboxylic acid groups (broad SMARTS) is 1. The lowest BCUT2D eigenvalue weighted by molar-refractivity contribution is -0.140. The number of amides is 1. The van der Waals surface area contributed by atoms with Crippen molar-refractivity contribution in [2.45, 2.75) is 31.7 Å². The van der Waals surface area contributed by atoms with Crippen molar-refractivity contribution in [1.29, 1.82) is 0 Å². The van der Waals surface area contributed by atoms with Gasteiger partial charge in [0.25, 0.3) is 0 Å².